The molecule has 0 atom stereocenters. The molecule has 0 spiro atoms. The Morgan fingerprint density at radius 3 is 2.44 bits per heavy atom. The number of rotatable bonds is 10. The monoisotopic (exact) mass is 493 g/mol. The van der Waals surface area contributed by atoms with Crippen molar-refractivity contribution in [2.45, 2.75) is 25.4 Å². The zero-order chi connectivity index (χ0) is 24.1. The fraction of sp³-hybridized carbons (Fsp3) is 0.368. The summed E-state index contributed by atoms with van der Waals surface area (Å²) in [4.78, 5) is 24.3. The van der Waals surface area contributed by atoms with Crippen molar-refractivity contribution < 1.29 is 36.3 Å². The van der Waals surface area contributed by atoms with Gasteiger partial charge in [0.05, 0.1) is 5.02 Å². The van der Waals surface area contributed by atoms with Gasteiger partial charge in [-0.2, -0.15) is 13.1 Å². The van der Waals surface area contributed by atoms with Gasteiger partial charge in [-0.3, -0.25) is 4.79 Å². The first-order chi connectivity index (χ1) is 15.0. The highest BCUT2D eigenvalue weighted by atomic mass is 35.5. The number of aromatic nitrogens is 1. The van der Waals surface area contributed by atoms with Crippen molar-refractivity contribution in [3.8, 4) is 5.75 Å². The minimum Gasteiger partial charge on any atom is -0.451 e. The molecule has 0 saturated heterocycles. The first-order valence-electron chi connectivity index (χ1n) is 9.37. The third-order valence-electron chi connectivity index (χ3n) is 4.30. The first kappa shape index (κ1) is 25.6. The summed E-state index contributed by atoms with van der Waals surface area (Å²) in [5, 5.41) is 2.24. The third-order valence-corrected chi connectivity index (χ3v) is 6.61. The number of amides is 1. The number of carbonyl (C=O) groups excluding carboxylic acids is 2. The minimum absolute atomic E-state index is 0.0555. The Hall–Kier alpha value is -2.70. The van der Waals surface area contributed by atoms with Crippen LogP contribution >= 0.6 is 11.6 Å². The van der Waals surface area contributed by atoms with Crippen molar-refractivity contribution in [3.05, 3.63) is 41.2 Å². The normalized spacial score (nSPS) is 11.6. The number of nitrogens with zero attached hydrogens (tertiary/aromatic N) is 2. The van der Waals surface area contributed by atoms with Gasteiger partial charge in [0, 0.05) is 32.0 Å². The lowest BCUT2D eigenvalue weighted by atomic mass is 10.3. The number of sulfonamides is 1. The third kappa shape index (κ3) is 6.17. The standard InChI is InChI=1S/C19H22ClF2N3O6S/c1-4-25(5-2)32(28,29)13-9-15(24(3)10-13)18(27)30-11-17(26)23-12-6-7-16(14(20)8-12)31-19(21)22/h6-10,19H,4-5,11H2,1-3H3,(H,23,26). The number of hydrogen-bond acceptors (Lipinski definition) is 6. The highest BCUT2D eigenvalue weighted by Crippen LogP contribution is 2.29. The van der Waals surface area contributed by atoms with Crippen molar-refractivity contribution in [1.29, 1.82) is 0 Å². The van der Waals surface area contributed by atoms with Gasteiger partial charge in [-0.05, 0) is 24.3 Å². The quantitative estimate of drug-likeness (QED) is 0.510. The van der Waals surface area contributed by atoms with Crippen LogP contribution in [0.25, 0.3) is 0 Å². The van der Waals surface area contributed by atoms with Gasteiger partial charge in [0.1, 0.15) is 16.3 Å². The van der Waals surface area contributed by atoms with E-state index < -0.39 is 35.1 Å². The average Bonchev–Trinajstić information content (AvgIpc) is 3.11. The van der Waals surface area contributed by atoms with Gasteiger partial charge >= 0.3 is 12.6 Å². The molecule has 2 rings (SSSR count). The molecule has 1 aromatic heterocycles. The number of benzene rings is 1. The zero-order valence-corrected chi connectivity index (χ0v) is 19.0. The molecule has 0 unspecified atom stereocenters. The van der Waals surface area contributed by atoms with Gasteiger partial charge in [0.2, 0.25) is 10.0 Å². The van der Waals surface area contributed by atoms with Crippen LogP contribution in [0.4, 0.5) is 14.5 Å². The molecule has 1 N–H and O–H groups in total. The van der Waals surface area contributed by atoms with Gasteiger partial charge in [0.15, 0.2) is 6.61 Å². The van der Waals surface area contributed by atoms with Crippen molar-refractivity contribution in [1.82, 2.24) is 8.87 Å². The predicted molar refractivity (Wildman–Crippen MR) is 113 cm³/mol. The van der Waals surface area contributed by atoms with Crippen molar-refractivity contribution in [2.24, 2.45) is 7.05 Å². The van der Waals surface area contributed by atoms with E-state index in [1.807, 2.05) is 0 Å². The summed E-state index contributed by atoms with van der Waals surface area (Å²) >= 11 is 5.81. The molecular formula is C19H22ClF2N3O6S. The molecule has 1 amide bonds. The van der Waals surface area contributed by atoms with Crippen LogP contribution in [-0.4, -0.2) is 55.5 Å². The predicted octanol–water partition coefficient (Wildman–Crippen LogP) is 3.11. The number of halogens is 3. The maximum atomic E-state index is 12.6. The molecule has 0 bridgehead atoms. The maximum Gasteiger partial charge on any atom is 0.387 e. The highest BCUT2D eigenvalue weighted by molar-refractivity contribution is 7.89. The number of alkyl halides is 2. The summed E-state index contributed by atoms with van der Waals surface area (Å²) in [6.45, 7) is 0.219. The number of carbonyl (C=O) groups is 2. The molecule has 32 heavy (non-hydrogen) atoms. The van der Waals surface area contributed by atoms with Crippen LogP contribution in [0.5, 0.6) is 5.75 Å². The molecule has 0 fully saturated rings. The highest BCUT2D eigenvalue weighted by Gasteiger charge is 2.26. The number of anilines is 1. The number of esters is 1. The van der Waals surface area contributed by atoms with E-state index in [0.29, 0.717) is 0 Å². The molecule has 2 aromatic rings. The summed E-state index contributed by atoms with van der Waals surface area (Å²) in [6, 6.07) is 4.80. The number of aryl methyl sites for hydroxylation is 1. The van der Waals surface area contributed by atoms with Crippen LogP contribution in [0.3, 0.4) is 0 Å². The molecule has 1 heterocycles. The van der Waals surface area contributed by atoms with Crippen LogP contribution < -0.4 is 10.1 Å². The SMILES string of the molecule is CCN(CC)S(=O)(=O)c1cc(C(=O)OCC(=O)Nc2ccc(OC(F)F)c(Cl)c2)n(C)c1. The lowest BCUT2D eigenvalue weighted by Gasteiger charge is -2.17. The second kappa shape index (κ2) is 10.7. The Balaban J connectivity index is 2.02. The molecule has 176 valence electrons. The first-order valence-corrected chi connectivity index (χ1v) is 11.2. The lowest BCUT2D eigenvalue weighted by molar-refractivity contribution is -0.119. The van der Waals surface area contributed by atoms with E-state index in [2.05, 4.69) is 10.1 Å². The van der Waals surface area contributed by atoms with Crippen molar-refractivity contribution >= 4 is 39.2 Å². The molecule has 9 nitrogen and oxygen atoms in total. The topological polar surface area (TPSA) is 107 Å². The van der Waals surface area contributed by atoms with Crippen LogP contribution in [0.2, 0.25) is 5.02 Å². The van der Waals surface area contributed by atoms with Crippen LogP contribution in [0, 0.1) is 0 Å². The molecule has 0 aliphatic heterocycles. The van der Waals surface area contributed by atoms with Crippen LogP contribution in [-0.2, 0) is 26.6 Å². The van der Waals surface area contributed by atoms with Gasteiger partial charge in [-0.25, -0.2) is 13.2 Å². The van der Waals surface area contributed by atoms with E-state index in [1.54, 1.807) is 13.8 Å². The van der Waals surface area contributed by atoms with Gasteiger partial charge in [0.25, 0.3) is 5.91 Å². The summed E-state index contributed by atoms with van der Waals surface area (Å²) < 4.78 is 61.4. The van der Waals surface area contributed by atoms with Gasteiger partial charge in [-0.1, -0.05) is 25.4 Å². The molecule has 0 saturated carbocycles. The second-order valence-electron chi connectivity index (χ2n) is 6.41. The Kier molecular flexibility index (Phi) is 8.58. The van der Waals surface area contributed by atoms with Gasteiger partial charge in [-0.15, -0.1) is 0 Å². The Morgan fingerprint density at radius 2 is 1.88 bits per heavy atom. The average molecular weight is 494 g/mol. The van der Waals surface area contributed by atoms with E-state index in [0.717, 1.165) is 6.07 Å². The zero-order valence-electron chi connectivity index (χ0n) is 17.5. The van der Waals surface area contributed by atoms with E-state index in [4.69, 9.17) is 16.3 Å². The molecule has 0 aliphatic rings. The summed E-state index contributed by atoms with van der Waals surface area (Å²) in [5.41, 5.74) is 0.115. The van der Waals surface area contributed by atoms with Gasteiger partial charge < -0.3 is 19.4 Å². The fourth-order valence-corrected chi connectivity index (χ4v) is 4.52. The molecule has 13 heteroatoms. The van der Waals surface area contributed by atoms with E-state index in [9.17, 15) is 26.8 Å². The molecule has 1 aromatic carbocycles. The second-order valence-corrected chi connectivity index (χ2v) is 8.75. The van der Waals surface area contributed by atoms with Crippen LogP contribution in [0.15, 0.2) is 35.4 Å². The van der Waals surface area contributed by atoms with E-state index in [-0.39, 0.29) is 40.1 Å². The molecule has 0 aliphatic carbocycles. The number of nitrogens with one attached hydrogen (secondary N) is 1. The largest absolute Gasteiger partial charge is 0.451 e. The Bertz CT molecular complexity index is 1090. The Labute approximate surface area is 188 Å². The van der Waals surface area contributed by atoms with Crippen LogP contribution in [0.1, 0.15) is 24.3 Å². The summed E-state index contributed by atoms with van der Waals surface area (Å²) in [6.07, 6.45) is 1.29. The van der Waals surface area contributed by atoms with E-state index >= 15 is 0 Å². The summed E-state index contributed by atoms with van der Waals surface area (Å²) in [7, 11) is -2.29. The molecule has 0 radical (unpaired) electrons. The lowest BCUT2D eigenvalue weighted by Crippen LogP contribution is -2.30. The van der Waals surface area contributed by atoms with E-state index in [1.165, 1.54) is 40.3 Å². The number of hydrogen-bond donors (Lipinski definition) is 1. The van der Waals surface area contributed by atoms with Crippen molar-refractivity contribution in [2.75, 3.05) is 25.0 Å². The number of ether oxygens (including phenoxy) is 2. The molecular weight excluding hydrogens is 472 g/mol. The Morgan fingerprint density at radius 1 is 1.22 bits per heavy atom. The fourth-order valence-electron chi connectivity index (χ4n) is 2.76. The summed E-state index contributed by atoms with van der Waals surface area (Å²) in [5.74, 6) is -1.88. The minimum atomic E-state index is -3.77. The van der Waals surface area contributed by atoms with Crippen molar-refractivity contribution in [3.63, 3.8) is 0 Å². The maximum absolute atomic E-state index is 12.6. The smallest absolute Gasteiger partial charge is 0.387 e.